The van der Waals surface area contributed by atoms with Gasteiger partial charge in [-0.3, -0.25) is 4.79 Å². The maximum atomic E-state index is 12.6. The molecule has 1 amide bonds. The number of amides is 1. The van der Waals surface area contributed by atoms with Crippen molar-refractivity contribution in [2.45, 2.75) is 6.42 Å². The van der Waals surface area contributed by atoms with Gasteiger partial charge in [0, 0.05) is 18.1 Å². The SMILES string of the molecule is NC[C@@H]1C[C@H]2CN(C(=O)c3ccc(Oc4ccc(Cl)cc4)cn3)C[C@@H]12. The minimum atomic E-state index is -0.0109. The number of likely N-dealkylation sites (tertiary alicyclic amines) is 1. The number of fused-ring (bicyclic) bond motifs is 1. The highest BCUT2D eigenvalue weighted by Crippen LogP contribution is 2.45. The summed E-state index contributed by atoms with van der Waals surface area (Å²) in [5, 5.41) is 0.655. The van der Waals surface area contributed by atoms with E-state index in [-0.39, 0.29) is 5.91 Å². The number of nitrogens with two attached hydrogens (primary N) is 1. The third-order valence-corrected chi connectivity index (χ3v) is 5.55. The summed E-state index contributed by atoms with van der Waals surface area (Å²) < 4.78 is 5.71. The van der Waals surface area contributed by atoms with Crippen molar-refractivity contribution in [2.24, 2.45) is 23.5 Å². The Morgan fingerprint density at radius 2 is 1.96 bits per heavy atom. The van der Waals surface area contributed by atoms with Gasteiger partial charge in [-0.05, 0) is 67.1 Å². The van der Waals surface area contributed by atoms with Gasteiger partial charge in [0.25, 0.3) is 5.91 Å². The molecule has 0 unspecified atom stereocenters. The average molecular weight is 358 g/mol. The summed E-state index contributed by atoms with van der Waals surface area (Å²) in [4.78, 5) is 18.8. The van der Waals surface area contributed by atoms with Crippen LogP contribution in [-0.4, -0.2) is 35.4 Å². The number of rotatable bonds is 4. The van der Waals surface area contributed by atoms with Crippen molar-refractivity contribution in [1.29, 1.82) is 0 Å². The van der Waals surface area contributed by atoms with E-state index in [1.807, 2.05) is 4.90 Å². The lowest BCUT2D eigenvalue weighted by Gasteiger charge is -2.38. The summed E-state index contributed by atoms with van der Waals surface area (Å²) in [7, 11) is 0. The molecular weight excluding hydrogens is 338 g/mol. The summed E-state index contributed by atoms with van der Waals surface area (Å²) in [6.45, 7) is 2.35. The first-order chi connectivity index (χ1) is 12.1. The molecule has 0 radical (unpaired) electrons. The number of aromatic nitrogens is 1. The van der Waals surface area contributed by atoms with Gasteiger partial charge < -0.3 is 15.4 Å². The molecule has 0 bridgehead atoms. The van der Waals surface area contributed by atoms with Gasteiger partial charge in [-0.25, -0.2) is 4.98 Å². The molecule has 25 heavy (non-hydrogen) atoms. The van der Waals surface area contributed by atoms with E-state index in [2.05, 4.69) is 4.98 Å². The Hall–Kier alpha value is -2.11. The van der Waals surface area contributed by atoms with E-state index in [1.54, 1.807) is 42.6 Å². The molecule has 130 valence electrons. The summed E-state index contributed by atoms with van der Waals surface area (Å²) in [5.41, 5.74) is 6.23. The molecule has 2 heterocycles. The number of nitrogens with zero attached hydrogens (tertiary/aromatic N) is 2. The molecule has 1 aromatic heterocycles. The average Bonchev–Trinajstić information content (AvgIpc) is 2.95. The number of carbonyl (C=O) groups is 1. The maximum Gasteiger partial charge on any atom is 0.272 e. The molecule has 3 atom stereocenters. The second-order valence-electron chi connectivity index (χ2n) is 6.80. The number of benzene rings is 1. The zero-order chi connectivity index (χ0) is 17.4. The van der Waals surface area contributed by atoms with Crippen LogP contribution in [0.2, 0.25) is 5.02 Å². The summed E-state index contributed by atoms with van der Waals surface area (Å²) in [6.07, 6.45) is 2.72. The molecule has 5 nitrogen and oxygen atoms in total. The number of hydrogen-bond acceptors (Lipinski definition) is 4. The van der Waals surface area contributed by atoms with Gasteiger partial charge in [-0.2, -0.15) is 0 Å². The topological polar surface area (TPSA) is 68.5 Å². The first-order valence-electron chi connectivity index (χ1n) is 8.53. The first-order valence-corrected chi connectivity index (χ1v) is 8.90. The fourth-order valence-corrected chi connectivity index (χ4v) is 3.98. The van der Waals surface area contributed by atoms with Crippen LogP contribution in [0.5, 0.6) is 11.5 Å². The lowest BCUT2D eigenvalue weighted by Crippen LogP contribution is -2.40. The van der Waals surface area contributed by atoms with E-state index in [9.17, 15) is 4.79 Å². The molecular formula is C19H20ClN3O2. The Morgan fingerprint density at radius 1 is 1.20 bits per heavy atom. The van der Waals surface area contributed by atoms with Gasteiger partial charge in [-0.1, -0.05) is 11.6 Å². The third-order valence-electron chi connectivity index (χ3n) is 5.30. The normalized spacial score (nSPS) is 24.6. The van der Waals surface area contributed by atoms with Crippen LogP contribution in [-0.2, 0) is 0 Å². The lowest BCUT2D eigenvalue weighted by atomic mass is 9.67. The largest absolute Gasteiger partial charge is 0.456 e. The third kappa shape index (κ3) is 3.22. The Kier molecular flexibility index (Phi) is 4.36. The van der Waals surface area contributed by atoms with Crippen LogP contribution in [0.4, 0.5) is 0 Å². The van der Waals surface area contributed by atoms with Crippen LogP contribution in [0.3, 0.4) is 0 Å². The molecule has 1 saturated carbocycles. The van der Waals surface area contributed by atoms with Crippen LogP contribution in [0, 0.1) is 17.8 Å². The van der Waals surface area contributed by atoms with E-state index in [0.29, 0.717) is 40.0 Å². The van der Waals surface area contributed by atoms with Crippen LogP contribution < -0.4 is 10.5 Å². The summed E-state index contributed by atoms with van der Waals surface area (Å²) >= 11 is 5.86. The van der Waals surface area contributed by atoms with Crippen LogP contribution in [0.1, 0.15) is 16.9 Å². The maximum absolute atomic E-state index is 12.6. The molecule has 1 aliphatic carbocycles. The van der Waals surface area contributed by atoms with Crippen molar-refractivity contribution >= 4 is 17.5 Å². The van der Waals surface area contributed by atoms with Crippen molar-refractivity contribution in [1.82, 2.24) is 9.88 Å². The molecule has 2 aromatic rings. The Labute approximate surface area is 151 Å². The quantitative estimate of drug-likeness (QED) is 0.912. The molecule has 1 saturated heterocycles. The van der Waals surface area contributed by atoms with Gasteiger partial charge >= 0.3 is 0 Å². The molecule has 1 aliphatic heterocycles. The van der Waals surface area contributed by atoms with Gasteiger partial charge in [0.2, 0.25) is 0 Å². The minimum absolute atomic E-state index is 0.0109. The smallest absolute Gasteiger partial charge is 0.272 e. The number of halogens is 1. The van der Waals surface area contributed by atoms with Crippen molar-refractivity contribution in [3.05, 3.63) is 53.3 Å². The fraction of sp³-hybridized carbons (Fsp3) is 0.368. The molecule has 6 heteroatoms. The number of hydrogen-bond donors (Lipinski definition) is 1. The predicted octanol–water partition coefficient (Wildman–Crippen LogP) is 3.19. The number of carbonyl (C=O) groups excluding carboxylic acids is 1. The van der Waals surface area contributed by atoms with E-state index < -0.39 is 0 Å². The highest BCUT2D eigenvalue weighted by atomic mass is 35.5. The zero-order valence-electron chi connectivity index (χ0n) is 13.8. The van der Waals surface area contributed by atoms with Gasteiger partial charge in [0.05, 0.1) is 6.20 Å². The van der Waals surface area contributed by atoms with Crippen molar-refractivity contribution in [3.63, 3.8) is 0 Å². The standard InChI is InChI=1S/C19H20ClN3O2/c20-14-1-3-15(4-2-14)25-16-5-6-18(22-9-16)19(24)23-10-13-7-12(8-21)17(13)11-23/h1-6,9,12-13,17H,7-8,10-11,21H2/t12-,13-,17-/m0/s1. The Balaban J connectivity index is 1.40. The van der Waals surface area contributed by atoms with Gasteiger partial charge in [0.1, 0.15) is 17.2 Å². The summed E-state index contributed by atoms with van der Waals surface area (Å²) in [5.74, 6) is 3.01. The molecule has 2 N–H and O–H groups in total. The lowest BCUT2D eigenvalue weighted by molar-refractivity contribution is 0.0780. The fourth-order valence-electron chi connectivity index (χ4n) is 3.85. The highest BCUT2D eigenvalue weighted by Gasteiger charge is 2.47. The molecule has 0 spiro atoms. The monoisotopic (exact) mass is 357 g/mol. The highest BCUT2D eigenvalue weighted by molar-refractivity contribution is 6.30. The zero-order valence-corrected chi connectivity index (χ0v) is 14.5. The Morgan fingerprint density at radius 3 is 2.64 bits per heavy atom. The molecule has 2 aliphatic rings. The molecule has 2 fully saturated rings. The van der Waals surface area contributed by atoms with E-state index in [4.69, 9.17) is 22.1 Å². The first kappa shape index (κ1) is 16.4. The van der Waals surface area contributed by atoms with Crippen molar-refractivity contribution < 1.29 is 9.53 Å². The van der Waals surface area contributed by atoms with Crippen LogP contribution in [0.25, 0.3) is 0 Å². The molecule has 4 rings (SSSR count). The second kappa shape index (κ2) is 6.65. The van der Waals surface area contributed by atoms with E-state index in [0.717, 1.165) is 26.1 Å². The number of ether oxygens (including phenoxy) is 1. The molecule has 1 aromatic carbocycles. The van der Waals surface area contributed by atoms with Gasteiger partial charge in [0.15, 0.2) is 0 Å². The van der Waals surface area contributed by atoms with E-state index in [1.165, 1.54) is 0 Å². The van der Waals surface area contributed by atoms with Crippen LogP contribution in [0.15, 0.2) is 42.6 Å². The predicted molar refractivity (Wildman–Crippen MR) is 95.8 cm³/mol. The minimum Gasteiger partial charge on any atom is -0.456 e. The van der Waals surface area contributed by atoms with E-state index >= 15 is 0 Å². The van der Waals surface area contributed by atoms with Crippen molar-refractivity contribution in [3.8, 4) is 11.5 Å². The van der Waals surface area contributed by atoms with Crippen LogP contribution >= 0.6 is 11.6 Å². The number of pyridine rings is 1. The Bertz CT molecular complexity index is 763. The van der Waals surface area contributed by atoms with Crippen molar-refractivity contribution in [2.75, 3.05) is 19.6 Å². The second-order valence-corrected chi connectivity index (χ2v) is 7.24. The summed E-state index contributed by atoms with van der Waals surface area (Å²) in [6, 6.07) is 10.6. The van der Waals surface area contributed by atoms with Gasteiger partial charge in [-0.15, -0.1) is 0 Å².